The lowest BCUT2D eigenvalue weighted by Gasteiger charge is -2.30. The maximum Gasteiger partial charge on any atom is 0.241 e. The predicted molar refractivity (Wildman–Crippen MR) is 102 cm³/mol. The van der Waals surface area contributed by atoms with Gasteiger partial charge in [0.15, 0.2) is 0 Å². The maximum atomic E-state index is 13.0. The van der Waals surface area contributed by atoms with Crippen molar-refractivity contribution in [1.82, 2.24) is 10.2 Å². The summed E-state index contributed by atoms with van der Waals surface area (Å²) in [5.74, 6) is -0.333. The first kappa shape index (κ1) is 19.9. The van der Waals surface area contributed by atoms with E-state index < -0.39 is 0 Å². The van der Waals surface area contributed by atoms with Crippen LogP contribution in [-0.4, -0.2) is 54.3 Å². The van der Waals surface area contributed by atoms with Gasteiger partial charge in [0.1, 0.15) is 0 Å². The normalized spacial score (nSPS) is 16.9. The van der Waals surface area contributed by atoms with Crippen molar-refractivity contribution in [3.63, 3.8) is 0 Å². The predicted octanol–water partition coefficient (Wildman–Crippen LogP) is 1.60. The Bertz CT molecular complexity index is 675. The molecule has 142 valence electrons. The first-order valence-electron chi connectivity index (χ1n) is 9.04. The second-order valence-electron chi connectivity index (χ2n) is 6.91. The van der Waals surface area contributed by atoms with Gasteiger partial charge in [0.2, 0.25) is 17.7 Å². The van der Waals surface area contributed by atoms with Crippen LogP contribution in [0.15, 0.2) is 24.3 Å². The summed E-state index contributed by atoms with van der Waals surface area (Å²) in [6.07, 6.45) is 0.236. The molecule has 1 aliphatic rings. The van der Waals surface area contributed by atoms with Crippen molar-refractivity contribution >= 4 is 29.1 Å². The molecule has 0 saturated carbocycles. The third kappa shape index (κ3) is 5.05. The number of para-hydroxylation sites is 2. The van der Waals surface area contributed by atoms with Gasteiger partial charge < -0.3 is 15.5 Å². The Morgan fingerprint density at radius 2 is 2.00 bits per heavy atom. The Balaban J connectivity index is 2.16. The molecule has 0 saturated heterocycles. The van der Waals surface area contributed by atoms with Crippen molar-refractivity contribution in [3.8, 4) is 0 Å². The van der Waals surface area contributed by atoms with Gasteiger partial charge in [-0.05, 0) is 39.4 Å². The highest BCUT2D eigenvalue weighted by Gasteiger charge is 2.30. The molecular formula is C19H28N4O3. The van der Waals surface area contributed by atoms with Crippen LogP contribution in [0.3, 0.4) is 0 Å². The van der Waals surface area contributed by atoms with Crippen LogP contribution in [0.2, 0.25) is 0 Å². The second-order valence-corrected chi connectivity index (χ2v) is 6.91. The zero-order chi connectivity index (χ0) is 19.3. The van der Waals surface area contributed by atoms with Gasteiger partial charge in [-0.3, -0.25) is 19.3 Å². The first-order chi connectivity index (χ1) is 12.3. The van der Waals surface area contributed by atoms with E-state index in [1.165, 1.54) is 0 Å². The Kier molecular flexibility index (Phi) is 6.74. The van der Waals surface area contributed by atoms with E-state index in [4.69, 9.17) is 0 Å². The number of anilines is 2. The number of rotatable bonds is 6. The van der Waals surface area contributed by atoms with Crippen LogP contribution in [0.1, 0.15) is 34.1 Å². The van der Waals surface area contributed by atoms with Gasteiger partial charge in [-0.1, -0.05) is 19.1 Å². The summed E-state index contributed by atoms with van der Waals surface area (Å²) < 4.78 is 0. The fourth-order valence-electron chi connectivity index (χ4n) is 3.09. The van der Waals surface area contributed by atoms with E-state index in [1.807, 2.05) is 45.9 Å². The standard InChI is InChI=1S/C19H28N4O3/c1-5-22(11-18(25)20-13(2)3)12-19(26)23-14(4)10-17(24)21-15-8-6-7-9-16(15)23/h6-9,13-14H,5,10-12H2,1-4H3,(H,20,25)(H,21,24)/t14-/m0/s1. The molecular weight excluding hydrogens is 332 g/mol. The minimum Gasteiger partial charge on any atom is -0.353 e. The number of hydrogen-bond donors (Lipinski definition) is 2. The quantitative estimate of drug-likeness (QED) is 0.807. The van der Waals surface area contributed by atoms with Crippen molar-refractivity contribution in [1.29, 1.82) is 0 Å². The average Bonchev–Trinajstić information content (AvgIpc) is 2.67. The minimum atomic E-state index is -0.255. The van der Waals surface area contributed by atoms with Crippen LogP contribution < -0.4 is 15.5 Å². The van der Waals surface area contributed by atoms with Crippen molar-refractivity contribution in [3.05, 3.63) is 24.3 Å². The molecule has 7 heteroatoms. The molecule has 2 N–H and O–H groups in total. The molecule has 0 aromatic heterocycles. The molecule has 1 aromatic carbocycles. The molecule has 1 atom stereocenters. The van der Waals surface area contributed by atoms with E-state index in [0.29, 0.717) is 17.9 Å². The molecule has 1 aliphatic heterocycles. The third-order valence-corrected chi connectivity index (χ3v) is 4.25. The number of benzene rings is 1. The summed E-state index contributed by atoms with van der Waals surface area (Å²) in [5, 5.41) is 5.69. The maximum absolute atomic E-state index is 13.0. The van der Waals surface area contributed by atoms with E-state index in [-0.39, 0.29) is 49.3 Å². The molecule has 0 radical (unpaired) electrons. The van der Waals surface area contributed by atoms with Gasteiger partial charge >= 0.3 is 0 Å². The summed E-state index contributed by atoms with van der Waals surface area (Å²) in [7, 11) is 0. The van der Waals surface area contributed by atoms with E-state index in [1.54, 1.807) is 15.9 Å². The number of fused-ring (bicyclic) bond motifs is 1. The molecule has 2 rings (SSSR count). The molecule has 0 unspecified atom stereocenters. The van der Waals surface area contributed by atoms with Gasteiger partial charge in [0.25, 0.3) is 0 Å². The minimum absolute atomic E-state index is 0.0616. The summed E-state index contributed by atoms with van der Waals surface area (Å²) in [6, 6.07) is 7.10. The lowest BCUT2D eigenvalue weighted by molar-refractivity contribution is -0.124. The van der Waals surface area contributed by atoms with Gasteiger partial charge in [-0.2, -0.15) is 0 Å². The topological polar surface area (TPSA) is 81.8 Å². The molecule has 26 heavy (non-hydrogen) atoms. The highest BCUT2D eigenvalue weighted by molar-refractivity contribution is 6.05. The number of amides is 3. The molecule has 0 aliphatic carbocycles. The third-order valence-electron chi connectivity index (χ3n) is 4.25. The number of nitrogens with one attached hydrogen (secondary N) is 2. The largest absolute Gasteiger partial charge is 0.353 e. The Morgan fingerprint density at radius 1 is 1.31 bits per heavy atom. The number of nitrogens with zero attached hydrogens (tertiary/aromatic N) is 2. The lowest BCUT2D eigenvalue weighted by atomic mass is 10.1. The lowest BCUT2D eigenvalue weighted by Crippen LogP contribution is -2.47. The fraction of sp³-hybridized carbons (Fsp3) is 0.526. The molecule has 3 amide bonds. The Labute approximate surface area is 154 Å². The molecule has 0 fully saturated rings. The number of carbonyl (C=O) groups excluding carboxylic acids is 3. The highest BCUT2D eigenvalue weighted by atomic mass is 16.2. The molecule has 0 spiro atoms. The monoisotopic (exact) mass is 360 g/mol. The first-order valence-corrected chi connectivity index (χ1v) is 9.04. The highest BCUT2D eigenvalue weighted by Crippen LogP contribution is 2.31. The average molecular weight is 360 g/mol. The van der Waals surface area contributed by atoms with Crippen molar-refractivity contribution < 1.29 is 14.4 Å². The summed E-state index contributed by atoms with van der Waals surface area (Å²) >= 11 is 0. The zero-order valence-electron chi connectivity index (χ0n) is 15.9. The summed E-state index contributed by atoms with van der Waals surface area (Å²) in [4.78, 5) is 40.5. The van der Waals surface area contributed by atoms with Crippen molar-refractivity contribution in [2.45, 2.75) is 46.2 Å². The molecule has 0 bridgehead atoms. The zero-order valence-corrected chi connectivity index (χ0v) is 15.9. The summed E-state index contributed by atoms with van der Waals surface area (Å²) in [5.41, 5.74) is 1.33. The fourth-order valence-corrected chi connectivity index (χ4v) is 3.09. The molecule has 7 nitrogen and oxygen atoms in total. The van der Waals surface area contributed by atoms with E-state index in [0.717, 1.165) is 0 Å². The van der Waals surface area contributed by atoms with Gasteiger partial charge in [0.05, 0.1) is 24.5 Å². The Morgan fingerprint density at radius 3 is 2.65 bits per heavy atom. The molecule has 1 heterocycles. The number of hydrogen-bond acceptors (Lipinski definition) is 4. The Hall–Kier alpha value is -2.41. The van der Waals surface area contributed by atoms with Crippen LogP contribution in [0.25, 0.3) is 0 Å². The van der Waals surface area contributed by atoms with E-state index >= 15 is 0 Å². The van der Waals surface area contributed by atoms with Gasteiger partial charge in [-0.25, -0.2) is 0 Å². The van der Waals surface area contributed by atoms with E-state index in [2.05, 4.69) is 10.6 Å². The molecule has 1 aromatic rings. The van der Waals surface area contributed by atoms with Gasteiger partial charge in [-0.15, -0.1) is 0 Å². The summed E-state index contributed by atoms with van der Waals surface area (Å²) in [6.45, 7) is 8.45. The van der Waals surface area contributed by atoms with Crippen molar-refractivity contribution in [2.24, 2.45) is 0 Å². The van der Waals surface area contributed by atoms with Crippen LogP contribution in [-0.2, 0) is 14.4 Å². The second kappa shape index (κ2) is 8.80. The van der Waals surface area contributed by atoms with E-state index in [9.17, 15) is 14.4 Å². The number of carbonyl (C=O) groups is 3. The van der Waals surface area contributed by atoms with Crippen LogP contribution in [0, 0.1) is 0 Å². The SMILES string of the molecule is CCN(CC(=O)NC(C)C)CC(=O)N1c2ccccc2NC(=O)C[C@@H]1C. The van der Waals surface area contributed by atoms with Gasteiger partial charge in [0, 0.05) is 18.5 Å². The van der Waals surface area contributed by atoms with Crippen LogP contribution in [0.4, 0.5) is 11.4 Å². The smallest absolute Gasteiger partial charge is 0.241 e. The number of likely N-dealkylation sites (N-methyl/N-ethyl adjacent to an activating group) is 1. The van der Waals surface area contributed by atoms with Crippen LogP contribution >= 0.6 is 0 Å². The van der Waals surface area contributed by atoms with Crippen LogP contribution in [0.5, 0.6) is 0 Å². The van der Waals surface area contributed by atoms with Crippen molar-refractivity contribution in [2.75, 3.05) is 29.9 Å².